The van der Waals surface area contributed by atoms with Gasteiger partial charge < -0.3 is 14.9 Å². The predicted molar refractivity (Wildman–Crippen MR) is 107 cm³/mol. The highest BCUT2D eigenvalue weighted by Crippen LogP contribution is 2.23. The fraction of sp³-hybridized carbons (Fsp3) is 0.190. The number of carbonyl (C=O) groups excluding carboxylic acids is 1. The lowest BCUT2D eigenvalue weighted by molar-refractivity contribution is 0.0587. The third-order valence-electron chi connectivity index (χ3n) is 4.11. The van der Waals surface area contributed by atoms with Gasteiger partial charge in [0.15, 0.2) is 5.78 Å². The average Bonchev–Trinajstić information content (AvgIpc) is 3.21. The van der Waals surface area contributed by atoms with E-state index in [0.717, 1.165) is 22.4 Å². The molecular weight excluding hydrogens is 384 g/mol. The number of hydrogen-bond acceptors (Lipinski definition) is 5. The minimum atomic E-state index is -1.42. The molecule has 0 aliphatic rings. The second kappa shape index (κ2) is 9.15. The molecule has 6 heteroatoms. The van der Waals surface area contributed by atoms with Gasteiger partial charge in [-0.3, -0.25) is 4.79 Å². The van der Waals surface area contributed by atoms with Crippen molar-refractivity contribution in [3.63, 3.8) is 0 Å². The van der Waals surface area contributed by atoms with Gasteiger partial charge in [0.05, 0.1) is 6.61 Å². The van der Waals surface area contributed by atoms with E-state index in [1.807, 2.05) is 35.7 Å². The second-order valence-electron chi connectivity index (χ2n) is 6.11. The normalized spacial score (nSPS) is 12.0. The first kappa shape index (κ1) is 19.6. The Labute approximate surface area is 166 Å². The van der Waals surface area contributed by atoms with Crippen LogP contribution in [0.3, 0.4) is 0 Å². The van der Waals surface area contributed by atoms with E-state index in [-0.39, 0.29) is 0 Å². The van der Waals surface area contributed by atoms with Crippen molar-refractivity contribution in [3.8, 4) is 5.75 Å². The Morgan fingerprint density at radius 2 is 1.89 bits per heavy atom. The average molecular weight is 403 g/mol. The largest absolute Gasteiger partial charge is 0.489 e. The first-order chi connectivity index (χ1) is 13.1. The standard InChI is InChI=1S/C21H19ClO4S/c22-19-6-3-16(21(25)20(24)11-23)10-17(19)9-14-1-4-18(5-2-14)26-12-15-7-8-27-13-15/h1-8,10,13,20,23-24H,9,11-12H2/t20-/m1/s1. The fourth-order valence-electron chi connectivity index (χ4n) is 2.60. The number of benzene rings is 2. The maximum Gasteiger partial charge on any atom is 0.193 e. The molecule has 1 heterocycles. The van der Waals surface area contributed by atoms with E-state index in [0.29, 0.717) is 23.6 Å². The summed E-state index contributed by atoms with van der Waals surface area (Å²) in [5.41, 5.74) is 3.26. The molecule has 0 unspecified atom stereocenters. The quantitative estimate of drug-likeness (QED) is 0.556. The van der Waals surface area contributed by atoms with Gasteiger partial charge in [-0.05, 0) is 70.3 Å². The summed E-state index contributed by atoms with van der Waals surface area (Å²) in [6.45, 7) is -0.0738. The van der Waals surface area contributed by atoms with Crippen LogP contribution in [0.2, 0.25) is 5.02 Å². The van der Waals surface area contributed by atoms with E-state index in [9.17, 15) is 9.90 Å². The van der Waals surface area contributed by atoms with Crippen molar-refractivity contribution < 1.29 is 19.7 Å². The number of thiophene rings is 1. The Bertz CT molecular complexity index is 891. The zero-order chi connectivity index (χ0) is 19.2. The summed E-state index contributed by atoms with van der Waals surface area (Å²) in [5.74, 6) is 0.263. The Morgan fingerprint density at radius 1 is 1.11 bits per heavy atom. The molecule has 1 aromatic heterocycles. The molecule has 0 bridgehead atoms. The fourth-order valence-corrected chi connectivity index (χ4v) is 3.44. The van der Waals surface area contributed by atoms with Gasteiger partial charge in [0.1, 0.15) is 18.5 Å². The van der Waals surface area contributed by atoms with Gasteiger partial charge in [-0.25, -0.2) is 0 Å². The Morgan fingerprint density at radius 3 is 2.56 bits per heavy atom. The van der Waals surface area contributed by atoms with Crippen LogP contribution in [0.4, 0.5) is 0 Å². The van der Waals surface area contributed by atoms with Crippen LogP contribution in [0.5, 0.6) is 5.75 Å². The molecule has 0 aliphatic heterocycles. The minimum Gasteiger partial charge on any atom is -0.489 e. The van der Waals surface area contributed by atoms with Crippen LogP contribution < -0.4 is 4.74 Å². The lowest BCUT2D eigenvalue weighted by atomic mass is 9.99. The van der Waals surface area contributed by atoms with Crippen LogP contribution in [0, 0.1) is 0 Å². The smallest absolute Gasteiger partial charge is 0.193 e. The number of halogens is 1. The maximum absolute atomic E-state index is 12.0. The molecule has 2 N–H and O–H groups in total. The summed E-state index contributed by atoms with van der Waals surface area (Å²) in [6, 6.07) is 14.6. The topological polar surface area (TPSA) is 66.8 Å². The van der Waals surface area contributed by atoms with Crippen LogP contribution in [0.15, 0.2) is 59.3 Å². The Balaban J connectivity index is 1.68. The molecule has 3 aromatic rings. The van der Waals surface area contributed by atoms with Crippen molar-refractivity contribution in [2.75, 3.05) is 6.61 Å². The van der Waals surface area contributed by atoms with Crippen molar-refractivity contribution in [1.29, 1.82) is 0 Å². The molecule has 1 atom stereocenters. The molecule has 0 aliphatic carbocycles. The number of aliphatic hydroxyl groups excluding tert-OH is 2. The summed E-state index contributed by atoms with van der Waals surface area (Å²) in [7, 11) is 0. The van der Waals surface area contributed by atoms with Gasteiger partial charge in [-0.2, -0.15) is 11.3 Å². The first-order valence-corrected chi connectivity index (χ1v) is 9.73. The monoisotopic (exact) mass is 402 g/mol. The number of aliphatic hydroxyl groups is 2. The van der Waals surface area contributed by atoms with Crippen molar-refractivity contribution >= 4 is 28.7 Å². The number of ether oxygens (including phenoxy) is 1. The molecule has 0 radical (unpaired) electrons. The molecule has 2 aromatic carbocycles. The molecule has 140 valence electrons. The van der Waals surface area contributed by atoms with Crippen LogP contribution in [-0.2, 0) is 13.0 Å². The summed E-state index contributed by atoms with van der Waals surface area (Å²) in [4.78, 5) is 12.0. The van der Waals surface area contributed by atoms with Gasteiger partial charge in [0, 0.05) is 10.6 Å². The SMILES string of the molecule is O=C(c1ccc(Cl)c(Cc2ccc(OCc3ccsc3)cc2)c1)[C@H](O)CO. The molecular formula is C21H19ClO4S. The molecule has 0 saturated heterocycles. The maximum atomic E-state index is 12.0. The van der Waals surface area contributed by atoms with E-state index in [4.69, 9.17) is 21.4 Å². The van der Waals surface area contributed by atoms with Crippen LogP contribution in [0.25, 0.3) is 0 Å². The van der Waals surface area contributed by atoms with Crippen LogP contribution >= 0.6 is 22.9 Å². The Hall–Kier alpha value is -2.18. The van der Waals surface area contributed by atoms with E-state index in [1.54, 1.807) is 29.5 Å². The van der Waals surface area contributed by atoms with Crippen LogP contribution in [0.1, 0.15) is 27.0 Å². The number of Topliss-reactive ketones (excluding diaryl/α,β-unsaturated/α-hetero) is 1. The Kier molecular flexibility index (Phi) is 6.63. The third kappa shape index (κ3) is 5.17. The molecule has 4 nitrogen and oxygen atoms in total. The number of hydrogen-bond donors (Lipinski definition) is 2. The van der Waals surface area contributed by atoms with Crippen molar-refractivity contribution in [2.24, 2.45) is 0 Å². The van der Waals surface area contributed by atoms with Gasteiger partial charge in [-0.15, -0.1) is 0 Å². The highest BCUT2D eigenvalue weighted by Gasteiger charge is 2.17. The summed E-state index contributed by atoms with van der Waals surface area (Å²) < 4.78 is 5.75. The van der Waals surface area contributed by atoms with Crippen molar-refractivity contribution in [3.05, 3.63) is 86.6 Å². The summed E-state index contributed by atoms with van der Waals surface area (Å²) in [6.07, 6.45) is -0.876. The molecule has 0 spiro atoms. The lowest BCUT2D eigenvalue weighted by Gasteiger charge is -2.11. The predicted octanol–water partition coefficient (Wildman–Crippen LogP) is 4.11. The van der Waals surface area contributed by atoms with Crippen molar-refractivity contribution in [1.82, 2.24) is 0 Å². The molecule has 0 amide bonds. The molecule has 27 heavy (non-hydrogen) atoms. The van der Waals surface area contributed by atoms with E-state index < -0.39 is 18.5 Å². The highest BCUT2D eigenvalue weighted by molar-refractivity contribution is 7.07. The second-order valence-corrected chi connectivity index (χ2v) is 7.30. The zero-order valence-corrected chi connectivity index (χ0v) is 16.0. The molecule has 0 saturated carbocycles. The molecule has 0 fully saturated rings. The first-order valence-electron chi connectivity index (χ1n) is 8.41. The van der Waals surface area contributed by atoms with Crippen LogP contribution in [-0.4, -0.2) is 28.7 Å². The number of carbonyl (C=O) groups is 1. The lowest BCUT2D eigenvalue weighted by Crippen LogP contribution is -2.24. The van der Waals surface area contributed by atoms with Gasteiger partial charge >= 0.3 is 0 Å². The number of ketones is 1. The number of rotatable bonds is 8. The van der Waals surface area contributed by atoms with E-state index >= 15 is 0 Å². The summed E-state index contributed by atoms with van der Waals surface area (Å²) in [5, 5.41) is 23.1. The summed E-state index contributed by atoms with van der Waals surface area (Å²) >= 11 is 7.90. The van der Waals surface area contributed by atoms with Gasteiger partial charge in [0.2, 0.25) is 0 Å². The highest BCUT2D eigenvalue weighted by atomic mass is 35.5. The van der Waals surface area contributed by atoms with E-state index in [2.05, 4.69) is 5.38 Å². The van der Waals surface area contributed by atoms with Gasteiger partial charge in [-0.1, -0.05) is 23.7 Å². The minimum absolute atomic E-state index is 0.326. The van der Waals surface area contributed by atoms with E-state index in [1.165, 1.54) is 0 Å². The third-order valence-corrected chi connectivity index (χ3v) is 5.21. The zero-order valence-electron chi connectivity index (χ0n) is 14.5. The molecule has 3 rings (SSSR count). The van der Waals surface area contributed by atoms with Gasteiger partial charge in [0.25, 0.3) is 0 Å². The van der Waals surface area contributed by atoms with Crippen molar-refractivity contribution in [2.45, 2.75) is 19.1 Å².